The van der Waals surface area contributed by atoms with Crippen LogP contribution >= 0.6 is 0 Å². The first-order valence-electron chi connectivity index (χ1n) is 10.7. The minimum atomic E-state index is 0.336. The van der Waals surface area contributed by atoms with Crippen LogP contribution in [0.25, 0.3) is 11.0 Å². The molecule has 2 fully saturated rings. The summed E-state index contributed by atoms with van der Waals surface area (Å²) >= 11 is 0. The number of nitrogens with zero attached hydrogens (tertiary/aromatic N) is 6. The molecule has 1 N–H and O–H groups in total. The van der Waals surface area contributed by atoms with Crippen molar-refractivity contribution in [2.75, 3.05) is 30.4 Å². The number of hydrogen-bond acceptors (Lipinski definition) is 7. The molecule has 1 saturated heterocycles. The fourth-order valence-electron chi connectivity index (χ4n) is 5.14. The number of anilines is 3. The second-order valence-electron chi connectivity index (χ2n) is 8.80. The van der Waals surface area contributed by atoms with Crippen molar-refractivity contribution in [3.8, 4) is 0 Å². The zero-order chi connectivity index (χ0) is 20.8. The van der Waals surface area contributed by atoms with Gasteiger partial charge in [0.25, 0.3) is 0 Å². The van der Waals surface area contributed by atoms with Crippen LogP contribution in [0.2, 0.25) is 0 Å². The number of aromatic nitrogens is 5. The van der Waals surface area contributed by atoms with Gasteiger partial charge in [-0.2, -0.15) is 4.98 Å². The van der Waals surface area contributed by atoms with E-state index in [1.54, 1.807) is 0 Å². The average Bonchev–Trinajstić information content (AvgIpc) is 3.38. The minimum absolute atomic E-state index is 0.336. The van der Waals surface area contributed by atoms with E-state index in [9.17, 15) is 0 Å². The SMILES string of the molecule is CO[C@@H]1C[C@@H]2CN(c3nccc(Nc4cc5c(cn4)nc(C)n5C(C)C)n3)C[C@@H]2C1. The van der Waals surface area contributed by atoms with Crippen LogP contribution in [0, 0.1) is 18.8 Å². The highest BCUT2D eigenvalue weighted by atomic mass is 16.5. The molecule has 0 unspecified atom stereocenters. The van der Waals surface area contributed by atoms with Crippen LogP contribution in [0.3, 0.4) is 0 Å². The molecular formula is C22H29N7O. The quantitative estimate of drug-likeness (QED) is 0.690. The Balaban J connectivity index is 1.35. The number of fused-ring (bicyclic) bond motifs is 2. The lowest BCUT2D eigenvalue weighted by molar-refractivity contribution is 0.102. The first-order valence-corrected chi connectivity index (χ1v) is 10.7. The molecule has 1 saturated carbocycles. The van der Waals surface area contributed by atoms with Gasteiger partial charge in [0, 0.05) is 38.5 Å². The van der Waals surface area contributed by atoms with Crippen molar-refractivity contribution >= 4 is 28.6 Å². The van der Waals surface area contributed by atoms with Gasteiger partial charge >= 0.3 is 0 Å². The number of methoxy groups -OCH3 is 1. The lowest BCUT2D eigenvalue weighted by Gasteiger charge is -2.19. The fraction of sp³-hybridized carbons (Fsp3) is 0.545. The maximum atomic E-state index is 5.56. The van der Waals surface area contributed by atoms with E-state index >= 15 is 0 Å². The van der Waals surface area contributed by atoms with Gasteiger partial charge in [0.15, 0.2) is 0 Å². The molecule has 0 spiro atoms. The molecule has 3 aromatic rings. The number of hydrogen-bond donors (Lipinski definition) is 1. The van der Waals surface area contributed by atoms with Crippen LogP contribution in [0.5, 0.6) is 0 Å². The van der Waals surface area contributed by atoms with Gasteiger partial charge < -0.3 is 19.5 Å². The fourth-order valence-corrected chi connectivity index (χ4v) is 5.14. The molecule has 0 amide bonds. The van der Waals surface area contributed by atoms with Gasteiger partial charge in [0.2, 0.25) is 5.95 Å². The third kappa shape index (κ3) is 3.39. The number of pyridine rings is 1. The summed E-state index contributed by atoms with van der Waals surface area (Å²) < 4.78 is 7.78. The summed E-state index contributed by atoms with van der Waals surface area (Å²) in [7, 11) is 1.82. The van der Waals surface area contributed by atoms with Crippen LogP contribution in [0.4, 0.5) is 17.6 Å². The minimum Gasteiger partial charge on any atom is -0.381 e. The van der Waals surface area contributed by atoms with E-state index in [2.05, 4.69) is 43.6 Å². The highest BCUT2D eigenvalue weighted by Crippen LogP contribution is 2.40. The summed E-state index contributed by atoms with van der Waals surface area (Å²) in [6.07, 6.45) is 6.34. The topological polar surface area (TPSA) is 81.0 Å². The number of ether oxygens (including phenoxy) is 1. The second kappa shape index (κ2) is 7.50. The molecule has 1 aliphatic carbocycles. The van der Waals surface area contributed by atoms with Crippen molar-refractivity contribution in [2.24, 2.45) is 11.8 Å². The summed E-state index contributed by atoms with van der Waals surface area (Å²) in [5.74, 6) is 4.66. The molecule has 30 heavy (non-hydrogen) atoms. The molecular weight excluding hydrogens is 378 g/mol. The van der Waals surface area contributed by atoms with E-state index in [0.29, 0.717) is 24.0 Å². The number of nitrogens with one attached hydrogen (secondary N) is 1. The lowest BCUT2D eigenvalue weighted by Crippen LogP contribution is -2.25. The Morgan fingerprint density at radius 3 is 2.57 bits per heavy atom. The van der Waals surface area contributed by atoms with Crippen molar-refractivity contribution in [3.63, 3.8) is 0 Å². The van der Waals surface area contributed by atoms with E-state index in [-0.39, 0.29) is 0 Å². The molecule has 3 atom stereocenters. The predicted octanol–water partition coefficient (Wildman–Crippen LogP) is 3.72. The van der Waals surface area contributed by atoms with Crippen molar-refractivity contribution in [2.45, 2.75) is 45.8 Å². The first-order chi connectivity index (χ1) is 14.5. The van der Waals surface area contributed by atoms with Crippen molar-refractivity contribution in [1.82, 2.24) is 24.5 Å². The van der Waals surface area contributed by atoms with E-state index in [0.717, 1.165) is 60.4 Å². The molecule has 8 heteroatoms. The van der Waals surface area contributed by atoms with E-state index in [1.165, 1.54) is 0 Å². The van der Waals surface area contributed by atoms with Crippen LogP contribution in [0.1, 0.15) is 38.6 Å². The molecule has 3 aromatic heterocycles. The zero-order valence-corrected chi connectivity index (χ0v) is 18.0. The Kier molecular flexibility index (Phi) is 4.81. The Hall–Kier alpha value is -2.74. The molecule has 8 nitrogen and oxygen atoms in total. The first kappa shape index (κ1) is 19.2. The van der Waals surface area contributed by atoms with Gasteiger partial charge in [0.05, 0.1) is 17.8 Å². The molecule has 158 valence electrons. The Morgan fingerprint density at radius 2 is 1.87 bits per heavy atom. The molecule has 0 bridgehead atoms. The van der Waals surface area contributed by atoms with Gasteiger partial charge in [-0.25, -0.2) is 15.0 Å². The summed E-state index contributed by atoms with van der Waals surface area (Å²) in [6, 6.07) is 4.27. The van der Waals surface area contributed by atoms with Crippen LogP contribution < -0.4 is 10.2 Å². The average molecular weight is 408 g/mol. The number of aryl methyl sites for hydroxylation is 1. The van der Waals surface area contributed by atoms with Crippen LogP contribution in [-0.2, 0) is 4.74 Å². The standard InChI is InChI=1S/C22H29N7O/c1-13(2)29-14(3)25-18-10-24-21(9-19(18)29)26-20-5-6-23-22(27-20)28-11-15-7-17(30-4)8-16(15)12-28/h5-6,9-10,13,15-17H,7-8,11-12H2,1-4H3,(H,23,24,26,27)/t15-,16+,17-. The predicted molar refractivity (Wildman–Crippen MR) is 117 cm³/mol. The van der Waals surface area contributed by atoms with Gasteiger partial charge in [-0.15, -0.1) is 0 Å². The van der Waals surface area contributed by atoms with E-state index in [1.807, 2.05) is 38.6 Å². The normalized spacial score (nSPS) is 23.5. The summed E-state index contributed by atoms with van der Waals surface area (Å²) in [5, 5.41) is 3.35. The van der Waals surface area contributed by atoms with Crippen molar-refractivity contribution in [3.05, 3.63) is 30.4 Å². The summed E-state index contributed by atoms with van der Waals surface area (Å²) in [4.78, 5) is 20.8. The Bertz CT molecular complexity index is 1050. The summed E-state index contributed by atoms with van der Waals surface area (Å²) in [6.45, 7) is 8.37. The zero-order valence-electron chi connectivity index (χ0n) is 18.0. The molecule has 4 heterocycles. The number of rotatable bonds is 5. The van der Waals surface area contributed by atoms with Crippen molar-refractivity contribution < 1.29 is 4.74 Å². The summed E-state index contributed by atoms with van der Waals surface area (Å²) in [5.41, 5.74) is 1.99. The monoisotopic (exact) mass is 407 g/mol. The molecule has 0 aromatic carbocycles. The van der Waals surface area contributed by atoms with Crippen LogP contribution in [0.15, 0.2) is 24.5 Å². The maximum absolute atomic E-state index is 5.56. The van der Waals surface area contributed by atoms with E-state index < -0.39 is 0 Å². The highest BCUT2D eigenvalue weighted by molar-refractivity contribution is 5.79. The third-order valence-electron chi connectivity index (χ3n) is 6.49. The Labute approximate surface area is 176 Å². The largest absolute Gasteiger partial charge is 0.381 e. The Morgan fingerprint density at radius 1 is 1.10 bits per heavy atom. The molecule has 1 aliphatic heterocycles. The molecule has 0 radical (unpaired) electrons. The number of imidazole rings is 1. The highest BCUT2D eigenvalue weighted by Gasteiger charge is 2.41. The van der Waals surface area contributed by atoms with Gasteiger partial charge in [0.1, 0.15) is 23.0 Å². The van der Waals surface area contributed by atoms with Gasteiger partial charge in [-0.05, 0) is 51.5 Å². The lowest BCUT2D eigenvalue weighted by atomic mass is 10.0. The molecule has 5 rings (SSSR count). The van der Waals surface area contributed by atoms with Gasteiger partial charge in [-0.3, -0.25) is 0 Å². The maximum Gasteiger partial charge on any atom is 0.227 e. The van der Waals surface area contributed by atoms with E-state index in [4.69, 9.17) is 9.72 Å². The smallest absolute Gasteiger partial charge is 0.227 e. The second-order valence-corrected chi connectivity index (χ2v) is 8.80. The molecule has 2 aliphatic rings. The van der Waals surface area contributed by atoms with Crippen LogP contribution in [-0.4, -0.2) is 50.8 Å². The third-order valence-corrected chi connectivity index (χ3v) is 6.49. The van der Waals surface area contributed by atoms with Crippen molar-refractivity contribution in [1.29, 1.82) is 0 Å². The van der Waals surface area contributed by atoms with Gasteiger partial charge in [-0.1, -0.05) is 0 Å².